The molecular weight excluding hydrogens is 402 g/mol. The lowest BCUT2D eigenvalue weighted by atomic mass is 10.1. The van der Waals surface area contributed by atoms with Crippen molar-refractivity contribution in [2.75, 3.05) is 32.5 Å². The molecule has 2 aromatic heterocycles. The number of nitrogen functional groups attached to an aromatic ring is 1. The second kappa shape index (κ2) is 8.74. The Balaban J connectivity index is 1.72. The molecule has 0 radical (unpaired) electrons. The van der Waals surface area contributed by atoms with E-state index in [0.29, 0.717) is 10.7 Å². The Morgan fingerprint density at radius 1 is 1.23 bits per heavy atom. The molecule has 0 aliphatic carbocycles. The highest BCUT2D eigenvalue weighted by molar-refractivity contribution is 6.31. The fourth-order valence-corrected chi connectivity index (χ4v) is 3.79. The van der Waals surface area contributed by atoms with E-state index in [1.165, 1.54) is 32.2 Å². The van der Waals surface area contributed by atoms with E-state index in [-0.39, 0.29) is 11.3 Å². The molecule has 30 heavy (non-hydrogen) atoms. The molecule has 1 aliphatic rings. The first-order valence-electron chi connectivity index (χ1n) is 9.80. The molecule has 0 amide bonds. The van der Waals surface area contributed by atoms with E-state index in [2.05, 4.69) is 21.7 Å². The van der Waals surface area contributed by atoms with Gasteiger partial charge in [0, 0.05) is 23.2 Å². The molecule has 0 atom stereocenters. The fourth-order valence-electron chi connectivity index (χ4n) is 3.62. The number of esters is 1. The molecule has 1 aliphatic heterocycles. The van der Waals surface area contributed by atoms with Crippen molar-refractivity contribution in [1.82, 2.24) is 19.7 Å². The summed E-state index contributed by atoms with van der Waals surface area (Å²) < 4.78 is 6.67. The van der Waals surface area contributed by atoms with Crippen LogP contribution >= 0.6 is 11.6 Å². The summed E-state index contributed by atoms with van der Waals surface area (Å²) in [5.41, 5.74) is 8.43. The Kier molecular flexibility index (Phi) is 5.88. The minimum absolute atomic E-state index is 0.197. The number of fused-ring (bicyclic) bond motifs is 1. The Labute approximate surface area is 179 Å². The molecule has 1 fully saturated rings. The van der Waals surface area contributed by atoms with E-state index >= 15 is 0 Å². The SMILES string of the molecule is COC(=O)c1ccnc(C#Cc2c3cc(Cl)ccc3nn2CCN2CCCC2)c1N. The monoisotopic (exact) mass is 423 g/mol. The van der Waals surface area contributed by atoms with Gasteiger partial charge in [-0.2, -0.15) is 5.10 Å². The summed E-state index contributed by atoms with van der Waals surface area (Å²) in [5.74, 6) is 5.64. The van der Waals surface area contributed by atoms with Gasteiger partial charge in [0.1, 0.15) is 11.4 Å². The Bertz CT molecular complexity index is 1160. The highest BCUT2D eigenvalue weighted by atomic mass is 35.5. The number of hydrogen-bond donors (Lipinski definition) is 1. The number of aromatic nitrogens is 3. The van der Waals surface area contributed by atoms with E-state index in [9.17, 15) is 4.79 Å². The van der Waals surface area contributed by atoms with Gasteiger partial charge in [-0.15, -0.1) is 0 Å². The Morgan fingerprint density at radius 3 is 2.80 bits per heavy atom. The number of carbonyl (C=O) groups excluding carboxylic acids is 1. The number of carbonyl (C=O) groups is 1. The summed E-state index contributed by atoms with van der Waals surface area (Å²) in [6.07, 6.45) is 3.97. The number of rotatable bonds is 4. The third-order valence-electron chi connectivity index (χ3n) is 5.22. The summed E-state index contributed by atoms with van der Waals surface area (Å²) in [5, 5.41) is 6.21. The summed E-state index contributed by atoms with van der Waals surface area (Å²) in [6.45, 7) is 3.87. The van der Waals surface area contributed by atoms with Crippen LogP contribution in [0.4, 0.5) is 5.69 Å². The van der Waals surface area contributed by atoms with Gasteiger partial charge in [0.2, 0.25) is 0 Å². The number of nitrogens with zero attached hydrogens (tertiary/aromatic N) is 4. The summed E-state index contributed by atoms with van der Waals surface area (Å²) in [4.78, 5) is 18.5. The predicted molar refractivity (Wildman–Crippen MR) is 116 cm³/mol. The zero-order chi connectivity index (χ0) is 21.1. The van der Waals surface area contributed by atoms with Crippen molar-refractivity contribution >= 4 is 34.2 Å². The number of likely N-dealkylation sites (tertiary alicyclic amines) is 1. The van der Waals surface area contributed by atoms with Gasteiger partial charge < -0.3 is 15.4 Å². The zero-order valence-corrected chi connectivity index (χ0v) is 17.4. The van der Waals surface area contributed by atoms with Crippen molar-refractivity contribution in [3.63, 3.8) is 0 Å². The van der Waals surface area contributed by atoms with Gasteiger partial charge >= 0.3 is 5.97 Å². The van der Waals surface area contributed by atoms with Crippen molar-refractivity contribution in [3.05, 3.63) is 52.4 Å². The standard InChI is InChI=1S/C22H22ClN5O2/c1-30-22(29)16-8-9-25-19(21(16)24)6-7-20-17-14-15(23)4-5-18(17)26-28(20)13-12-27-10-2-3-11-27/h4-5,8-9,14H,2-3,10-13,24H2,1H3. The van der Waals surface area contributed by atoms with Gasteiger partial charge in [-0.3, -0.25) is 4.68 Å². The van der Waals surface area contributed by atoms with Crippen LogP contribution in [0.3, 0.4) is 0 Å². The second-order valence-electron chi connectivity index (χ2n) is 7.14. The largest absolute Gasteiger partial charge is 0.465 e. The van der Waals surface area contributed by atoms with Gasteiger partial charge in [-0.05, 0) is 62.0 Å². The van der Waals surface area contributed by atoms with Crippen LogP contribution in [-0.4, -0.2) is 52.4 Å². The normalized spacial score (nSPS) is 13.9. The van der Waals surface area contributed by atoms with Crippen molar-refractivity contribution in [2.24, 2.45) is 0 Å². The number of nitrogens with two attached hydrogens (primary N) is 1. The number of methoxy groups -OCH3 is 1. The summed E-state index contributed by atoms with van der Waals surface area (Å²) >= 11 is 6.22. The lowest BCUT2D eigenvalue weighted by Crippen LogP contribution is -2.24. The van der Waals surface area contributed by atoms with Gasteiger partial charge in [0.15, 0.2) is 0 Å². The molecule has 8 heteroatoms. The highest BCUT2D eigenvalue weighted by Gasteiger charge is 2.15. The molecule has 3 heterocycles. The predicted octanol–water partition coefficient (Wildman–Crippen LogP) is 2.95. The summed E-state index contributed by atoms with van der Waals surface area (Å²) in [7, 11) is 1.31. The van der Waals surface area contributed by atoms with Gasteiger partial charge in [0.25, 0.3) is 0 Å². The minimum Gasteiger partial charge on any atom is -0.465 e. The number of hydrogen-bond acceptors (Lipinski definition) is 6. The first-order valence-corrected chi connectivity index (χ1v) is 10.2. The Hall–Kier alpha value is -3.08. The second-order valence-corrected chi connectivity index (χ2v) is 7.58. The van der Waals surface area contributed by atoms with E-state index in [4.69, 9.17) is 27.2 Å². The van der Waals surface area contributed by atoms with Crippen LogP contribution in [-0.2, 0) is 11.3 Å². The van der Waals surface area contributed by atoms with Crippen LogP contribution in [0.25, 0.3) is 10.9 Å². The van der Waals surface area contributed by atoms with E-state index in [0.717, 1.165) is 42.8 Å². The number of ether oxygens (including phenoxy) is 1. The molecule has 1 aromatic carbocycles. The summed E-state index contributed by atoms with van der Waals surface area (Å²) in [6, 6.07) is 7.09. The van der Waals surface area contributed by atoms with Crippen molar-refractivity contribution in [2.45, 2.75) is 19.4 Å². The molecule has 0 bridgehead atoms. The molecule has 0 saturated carbocycles. The van der Waals surface area contributed by atoms with Crippen LogP contribution in [0.15, 0.2) is 30.5 Å². The van der Waals surface area contributed by atoms with Crippen molar-refractivity contribution < 1.29 is 9.53 Å². The maximum atomic E-state index is 11.9. The van der Waals surface area contributed by atoms with E-state index in [1.54, 1.807) is 0 Å². The van der Waals surface area contributed by atoms with Crippen LogP contribution < -0.4 is 5.73 Å². The lowest BCUT2D eigenvalue weighted by molar-refractivity contribution is 0.0602. The lowest BCUT2D eigenvalue weighted by Gasteiger charge is -2.14. The Morgan fingerprint density at radius 2 is 2.03 bits per heavy atom. The molecule has 7 nitrogen and oxygen atoms in total. The van der Waals surface area contributed by atoms with Crippen molar-refractivity contribution in [1.29, 1.82) is 0 Å². The van der Waals surface area contributed by atoms with Crippen LogP contribution in [0.1, 0.15) is 34.6 Å². The van der Waals surface area contributed by atoms with Crippen LogP contribution in [0.5, 0.6) is 0 Å². The number of pyridine rings is 1. The molecule has 154 valence electrons. The molecule has 1 saturated heterocycles. The maximum absolute atomic E-state index is 11.9. The molecule has 3 aromatic rings. The third kappa shape index (κ3) is 4.11. The van der Waals surface area contributed by atoms with Crippen LogP contribution in [0.2, 0.25) is 5.02 Å². The first-order chi connectivity index (χ1) is 14.6. The molecule has 0 spiro atoms. The number of benzene rings is 1. The average molecular weight is 424 g/mol. The number of anilines is 1. The van der Waals surface area contributed by atoms with Crippen LogP contribution in [0, 0.1) is 11.8 Å². The number of halogens is 1. The topological polar surface area (TPSA) is 86.3 Å². The molecule has 2 N–H and O–H groups in total. The fraction of sp³-hybridized carbons (Fsp3) is 0.318. The van der Waals surface area contributed by atoms with Gasteiger partial charge in [0.05, 0.1) is 30.4 Å². The minimum atomic E-state index is -0.522. The van der Waals surface area contributed by atoms with Gasteiger partial charge in [-0.1, -0.05) is 11.6 Å². The van der Waals surface area contributed by atoms with E-state index < -0.39 is 5.97 Å². The average Bonchev–Trinajstić information content (AvgIpc) is 3.38. The molecular formula is C22H22ClN5O2. The van der Waals surface area contributed by atoms with Crippen molar-refractivity contribution in [3.8, 4) is 11.8 Å². The molecule has 4 rings (SSSR count). The highest BCUT2D eigenvalue weighted by Crippen LogP contribution is 2.23. The molecule has 0 unspecified atom stereocenters. The first kappa shape index (κ1) is 20.2. The van der Waals surface area contributed by atoms with Gasteiger partial charge in [-0.25, -0.2) is 9.78 Å². The van der Waals surface area contributed by atoms with E-state index in [1.807, 2.05) is 22.9 Å². The maximum Gasteiger partial charge on any atom is 0.340 e. The smallest absolute Gasteiger partial charge is 0.340 e. The quantitative estimate of drug-likeness (QED) is 0.513. The third-order valence-corrected chi connectivity index (χ3v) is 5.46. The zero-order valence-electron chi connectivity index (χ0n) is 16.7.